The van der Waals surface area contributed by atoms with E-state index in [4.69, 9.17) is 4.74 Å². The Morgan fingerprint density at radius 2 is 2.06 bits per heavy atom. The molecule has 2 heterocycles. The van der Waals surface area contributed by atoms with Gasteiger partial charge in [0.2, 0.25) is 0 Å². The van der Waals surface area contributed by atoms with Crippen LogP contribution in [-0.2, 0) is 4.74 Å². The molecule has 1 N–H and O–H groups in total. The highest BCUT2D eigenvalue weighted by atomic mass is 16.5. The normalized spacial score (nSPS) is 24.4. The van der Waals surface area contributed by atoms with Gasteiger partial charge in [0.05, 0.1) is 5.60 Å². The number of amides is 2. The molecule has 0 bridgehead atoms. The van der Waals surface area contributed by atoms with Crippen LogP contribution in [0.1, 0.15) is 39.0 Å². The molecule has 1 spiro atoms. The Balaban J connectivity index is 1.83. The number of piperidine rings is 1. The van der Waals surface area contributed by atoms with Gasteiger partial charge in [-0.3, -0.25) is 0 Å². The molecular formula is C12H22N2O2. The first-order chi connectivity index (χ1) is 7.76. The fraction of sp³-hybridized carbons (Fsp3) is 0.917. The summed E-state index contributed by atoms with van der Waals surface area (Å²) in [5, 5.41) is 2.85. The minimum atomic E-state index is 0.0770. The Bertz CT molecular complexity index is 239. The molecule has 0 saturated carbocycles. The van der Waals surface area contributed by atoms with Gasteiger partial charge in [-0.25, -0.2) is 4.79 Å². The first-order valence-electron chi connectivity index (χ1n) is 6.42. The molecule has 2 saturated heterocycles. The predicted octanol–water partition coefficient (Wildman–Crippen LogP) is 1.75. The van der Waals surface area contributed by atoms with Crippen molar-refractivity contribution in [1.82, 2.24) is 10.2 Å². The fourth-order valence-corrected chi connectivity index (χ4v) is 2.68. The molecule has 0 aromatic carbocycles. The molecule has 4 nitrogen and oxygen atoms in total. The second-order valence-electron chi connectivity index (χ2n) is 4.81. The van der Waals surface area contributed by atoms with Crippen molar-refractivity contribution >= 4 is 6.03 Å². The number of nitrogens with zero attached hydrogens (tertiary/aromatic N) is 1. The van der Waals surface area contributed by atoms with E-state index in [1.807, 2.05) is 11.8 Å². The van der Waals surface area contributed by atoms with E-state index < -0.39 is 0 Å². The average molecular weight is 226 g/mol. The summed E-state index contributed by atoms with van der Waals surface area (Å²) < 4.78 is 5.94. The average Bonchev–Trinajstić information content (AvgIpc) is 2.31. The third-order valence-electron chi connectivity index (χ3n) is 3.72. The molecule has 4 heteroatoms. The van der Waals surface area contributed by atoms with Gasteiger partial charge in [0.1, 0.15) is 0 Å². The number of hydrogen-bond acceptors (Lipinski definition) is 2. The van der Waals surface area contributed by atoms with Crippen LogP contribution in [0.2, 0.25) is 0 Å². The summed E-state index contributed by atoms with van der Waals surface area (Å²) in [7, 11) is 0. The van der Waals surface area contributed by atoms with E-state index in [0.717, 1.165) is 32.5 Å². The molecular weight excluding hydrogens is 204 g/mol. The van der Waals surface area contributed by atoms with E-state index in [1.165, 1.54) is 19.3 Å². The largest absolute Gasteiger partial charge is 0.375 e. The Morgan fingerprint density at radius 1 is 1.31 bits per heavy atom. The number of carbonyl (C=O) groups excluding carboxylic acids is 1. The van der Waals surface area contributed by atoms with Crippen LogP contribution in [0.3, 0.4) is 0 Å². The van der Waals surface area contributed by atoms with Crippen LogP contribution < -0.4 is 5.32 Å². The van der Waals surface area contributed by atoms with Crippen LogP contribution in [0.4, 0.5) is 4.79 Å². The lowest BCUT2D eigenvalue weighted by Gasteiger charge is -2.43. The second kappa shape index (κ2) is 5.04. The monoisotopic (exact) mass is 226 g/mol. The molecule has 0 atom stereocenters. The standard InChI is InChI=1S/C12H22N2O2/c1-2-13-11(15)14-8-6-12(7-9-14)5-3-4-10-16-12/h2-10H2,1H3,(H,13,15). The topological polar surface area (TPSA) is 41.6 Å². The van der Waals surface area contributed by atoms with Crippen molar-refractivity contribution in [3.8, 4) is 0 Å². The number of likely N-dealkylation sites (tertiary alicyclic amines) is 1. The maximum absolute atomic E-state index is 11.6. The number of carbonyl (C=O) groups is 1. The van der Waals surface area contributed by atoms with Crippen molar-refractivity contribution < 1.29 is 9.53 Å². The molecule has 2 rings (SSSR count). The highest BCUT2D eigenvalue weighted by Crippen LogP contribution is 2.34. The van der Waals surface area contributed by atoms with Gasteiger partial charge in [-0.1, -0.05) is 0 Å². The van der Waals surface area contributed by atoms with Gasteiger partial charge in [0.25, 0.3) is 0 Å². The van der Waals surface area contributed by atoms with Gasteiger partial charge in [-0.05, 0) is 39.0 Å². The Labute approximate surface area is 97.3 Å². The third-order valence-corrected chi connectivity index (χ3v) is 3.72. The second-order valence-corrected chi connectivity index (χ2v) is 4.81. The van der Waals surface area contributed by atoms with E-state index >= 15 is 0 Å². The number of urea groups is 1. The number of nitrogens with one attached hydrogen (secondary N) is 1. The molecule has 0 aromatic heterocycles. The zero-order valence-electron chi connectivity index (χ0n) is 10.1. The highest BCUT2D eigenvalue weighted by molar-refractivity contribution is 5.74. The van der Waals surface area contributed by atoms with Crippen molar-refractivity contribution in [2.75, 3.05) is 26.2 Å². The predicted molar refractivity (Wildman–Crippen MR) is 62.4 cm³/mol. The summed E-state index contributed by atoms with van der Waals surface area (Å²) in [6.07, 6.45) is 5.66. The van der Waals surface area contributed by atoms with Crippen molar-refractivity contribution in [2.45, 2.75) is 44.6 Å². The van der Waals surface area contributed by atoms with Crippen molar-refractivity contribution in [2.24, 2.45) is 0 Å². The van der Waals surface area contributed by atoms with E-state index in [0.29, 0.717) is 6.54 Å². The van der Waals surface area contributed by atoms with Crippen LogP contribution in [0, 0.1) is 0 Å². The molecule has 2 aliphatic rings. The molecule has 2 aliphatic heterocycles. The quantitative estimate of drug-likeness (QED) is 0.740. The van der Waals surface area contributed by atoms with Gasteiger partial charge in [-0.2, -0.15) is 0 Å². The zero-order valence-corrected chi connectivity index (χ0v) is 10.1. The molecule has 0 radical (unpaired) electrons. The summed E-state index contributed by atoms with van der Waals surface area (Å²) in [6, 6.07) is 0.0770. The summed E-state index contributed by atoms with van der Waals surface area (Å²) in [5.74, 6) is 0. The lowest BCUT2D eigenvalue weighted by atomic mass is 9.84. The lowest BCUT2D eigenvalue weighted by Crippen LogP contribution is -2.51. The van der Waals surface area contributed by atoms with Gasteiger partial charge < -0.3 is 15.0 Å². The third kappa shape index (κ3) is 2.48. The summed E-state index contributed by atoms with van der Waals surface area (Å²) in [6.45, 7) is 5.24. The van der Waals surface area contributed by atoms with E-state index in [2.05, 4.69) is 5.32 Å². The maximum Gasteiger partial charge on any atom is 0.317 e. The SMILES string of the molecule is CCNC(=O)N1CCC2(CCCCO2)CC1. The number of hydrogen-bond donors (Lipinski definition) is 1. The molecule has 0 aliphatic carbocycles. The molecule has 16 heavy (non-hydrogen) atoms. The minimum Gasteiger partial charge on any atom is -0.375 e. The summed E-state index contributed by atoms with van der Waals surface area (Å²) >= 11 is 0. The van der Waals surface area contributed by atoms with Crippen LogP contribution in [0.15, 0.2) is 0 Å². The van der Waals surface area contributed by atoms with Crippen LogP contribution in [0.5, 0.6) is 0 Å². The van der Waals surface area contributed by atoms with Gasteiger partial charge >= 0.3 is 6.03 Å². The molecule has 2 fully saturated rings. The van der Waals surface area contributed by atoms with E-state index in [-0.39, 0.29) is 11.6 Å². The van der Waals surface area contributed by atoms with Crippen LogP contribution in [-0.4, -0.2) is 42.8 Å². The zero-order chi connectivity index (χ0) is 11.4. The summed E-state index contributed by atoms with van der Waals surface area (Å²) in [4.78, 5) is 13.6. The van der Waals surface area contributed by atoms with Crippen molar-refractivity contribution in [1.29, 1.82) is 0 Å². The Kier molecular flexibility index (Phi) is 3.69. The smallest absolute Gasteiger partial charge is 0.317 e. The van der Waals surface area contributed by atoms with Gasteiger partial charge in [0.15, 0.2) is 0 Å². The minimum absolute atomic E-state index is 0.0770. The van der Waals surface area contributed by atoms with Gasteiger partial charge in [-0.15, -0.1) is 0 Å². The fourth-order valence-electron chi connectivity index (χ4n) is 2.68. The lowest BCUT2D eigenvalue weighted by molar-refractivity contribution is -0.106. The number of rotatable bonds is 1. The first kappa shape index (κ1) is 11.7. The Hall–Kier alpha value is -0.770. The first-order valence-corrected chi connectivity index (χ1v) is 6.42. The van der Waals surface area contributed by atoms with Gasteiger partial charge in [0, 0.05) is 26.2 Å². The molecule has 0 unspecified atom stereocenters. The highest BCUT2D eigenvalue weighted by Gasteiger charge is 2.37. The van der Waals surface area contributed by atoms with Crippen LogP contribution in [0.25, 0.3) is 0 Å². The summed E-state index contributed by atoms with van der Waals surface area (Å²) in [5.41, 5.74) is 0.0985. The van der Waals surface area contributed by atoms with Crippen LogP contribution >= 0.6 is 0 Å². The maximum atomic E-state index is 11.6. The molecule has 92 valence electrons. The van der Waals surface area contributed by atoms with E-state index in [9.17, 15) is 4.79 Å². The van der Waals surface area contributed by atoms with Crippen molar-refractivity contribution in [3.05, 3.63) is 0 Å². The molecule has 2 amide bonds. The number of ether oxygens (including phenoxy) is 1. The Morgan fingerprint density at radius 3 is 2.62 bits per heavy atom. The molecule has 0 aromatic rings. The van der Waals surface area contributed by atoms with E-state index in [1.54, 1.807) is 0 Å². The van der Waals surface area contributed by atoms with Crippen molar-refractivity contribution in [3.63, 3.8) is 0 Å².